The Balaban J connectivity index is 2.23. The molecule has 118 valence electrons. The van der Waals surface area contributed by atoms with Crippen molar-refractivity contribution in [2.24, 2.45) is 11.0 Å². The van der Waals surface area contributed by atoms with Crippen LogP contribution in [0.1, 0.15) is 18.9 Å². The number of halogens is 2. The van der Waals surface area contributed by atoms with E-state index in [4.69, 9.17) is 21.4 Å². The van der Waals surface area contributed by atoms with Crippen LogP contribution in [-0.4, -0.2) is 29.9 Å². The predicted molar refractivity (Wildman–Crippen MR) is 81.6 cm³/mol. The van der Waals surface area contributed by atoms with Gasteiger partial charge in [0.1, 0.15) is 17.4 Å². The van der Waals surface area contributed by atoms with Crippen molar-refractivity contribution in [3.05, 3.63) is 40.7 Å². The van der Waals surface area contributed by atoms with Crippen LogP contribution < -0.4 is 10.2 Å². The SMILES string of the molecule is CC1CC(=O)NN=C1c1ccc(OC/C=C\CO)c(Cl)c1F. The highest BCUT2D eigenvalue weighted by molar-refractivity contribution is 6.32. The van der Waals surface area contributed by atoms with E-state index >= 15 is 0 Å². The van der Waals surface area contributed by atoms with Crippen LogP contribution in [0.3, 0.4) is 0 Å². The van der Waals surface area contributed by atoms with E-state index in [2.05, 4.69) is 10.5 Å². The van der Waals surface area contributed by atoms with Crippen LogP contribution in [0.5, 0.6) is 5.75 Å². The maximum absolute atomic E-state index is 14.4. The van der Waals surface area contributed by atoms with Gasteiger partial charge in [-0.3, -0.25) is 4.79 Å². The van der Waals surface area contributed by atoms with E-state index in [0.717, 1.165) is 0 Å². The van der Waals surface area contributed by atoms with Crippen LogP contribution in [-0.2, 0) is 4.79 Å². The maximum Gasteiger partial charge on any atom is 0.240 e. The van der Waals surface area contributed by atoms with Crippen LogP contribution in [0, 0.1) is 11.7 Å². The number of nitrogens with one attached hydrogen (secondary N) is 1. The van der Waals surface area contributed by atoms with Crippen molar-refractivity contribution in [2.75, 3.05) is 13.2 Å². The summed E-state index contributed by atoms with van der Waals surface area (Å²) >= 11 is 5.99. The number of hydrazone groups is 1. The van der Waals surface area contributed by atoms with Crippen LogP contribution in [0.2, 0.25) is 5.02 Å². The third-order valence-corrected chi connectivity index (χ3v) is 3.54. The molecule has 0 spiro atoms. The minimum absolute atomic E-state index is 0.0895. The van der Waals surface area contributed by atoms with Crippen LogP contribution >= 0.6 is 11.6 Å². The molecule has 0 fully saturated rings. The molecule has 1 amide bonds. The fourth-order valence-electron chi connectivity index (χ4n) is 2.10. The third kappa shape index (κ3) is 3.64. The molecule has 0 saturated carbocycles. The van der Waals surface area contributed by atoms with Crippen molar-refractivity contribution >= 4 is 23.2 Å². The second kappa shape index (κ2) is 7.38. The molecule has 5 nitrogen and oxygen atoms in total. The van der Waals surface area contributed by atoms with E-state index in [-0.39, 0.29) is 47.8 Å². The molecule has 1 aliphatic heterocycles. The summed E-state index contributed by atoms with van der Waals surface area (Å²) in [6.07, 6.45) is 3.37. The van der Waals surface area contributed by atoms with E-state index in [0.29, 0.717) is 5.71 Å². The van der Waals surface area contributed by atoms with Crippen molar-refractivity contribution in [2.45, 2.75) is 13.3 Å². The standard InChI is InChI=1S/C15H16ClFN2O3/c1-9-8-12(21)18-19-15(9)10-4-5-11(13(16)14(10)17)22-7-3-2-6-20/h2-5,9,20H,6-8H2,1H3,(H,18,21)/b3-2-. The van der Waals surface area contributed by atoms with Gasteiger partial charge in [-0.1, -0.05) is 24.6 Å². The van der Waals surface area contributed by atoms with E-state index in [9.17, 15) is 9.18 Å². The lowest BCUT2D eigenvalue weighted by Crippen LogP contribution is -2.32. The van der Waals surface area contributed by atoms with Gasteiger partial charge >= 0.3 is 0 Å². The van der Waals surface area contributed by atoms with Gasteiger partial charge in [0.2, 0.25) is 5.91 Å². The minimum Gasteiger partial charge on any atom is -0.488 e. The summed E-state index contributed by atoms with van der Waals surface area (Å²) < 4.78 is 19.8. The van der Waals surface area contributed by atoms with Gasteiger partial charge in [0.25, 0.3) is 0 Å². The first-order valence-electron chi connectivity index (χ1n) is 6.78. The Hall–Kier alpha value is -1.92. The van der Waals surface area contributed by atoms with Gasteiger partial charge in [0.05, 0.1) is 12.3 Å². The monoisotopic (exact) mass is 326 g/mol. The molecule has 1 aromatic rings. The zero-order valence-corrected chi connectivity index (χ0v) is 12.7. The molecule has 1 atom stereocenters. The lowest BCUT2D eigenvalue weighted by atomic mass is 9.94. The molecule has 1 heterocycles. The van der Waals surface area contributed by atoms with Gasteiger partial charge in [-0.05, 0) is 18.2 Å². The smallest absolute Gasteiger partial charge is 0.240 e. The van der Waals surface area contributed by atoms with Crippen molar-refractivity contribution in [1.82, 2.24) is 5.43 Å². The summed E-state index contributed by atoms with van der Waals surface area (Å²) in [6, 6.07) is 3.08. The number of rotatable bonds is 5. The molecule has 0 aromatic heterocycles. The zero-order chi connectivity index (χ0) is 16.1. The Morgan fingerprint density at radius 2 is 2.32 bits per heavy atom. The number of amides is 1. The zero-order valence-electron chi connectivity index (χ0n) is 12.0. The molecule has 1 unspecified atom stereocenters. The summed E-state index contributed by atoms with van der Waals surface area (Å²) in [5.41, 5.74) is 3.04. The van der Waals surface area contributed by atoms with Crippen molar-refractivity contribution in [3.8, 4) is 5.75 Å². The highest BCUT2D eigenvalue weighted by Crippen LogP contribution is 2.31. The largest absolute Gasteiger partial charge is 0.488 e. The number of nitrogens with zero attached hydrogens (tertiary/aromatic N) is 1. The number of carbonyl (C=O) groups is 1. The molecular formula is C15H16ClFN2O3. The summed E-state index contributed by atoms with van der Waals surface area (Å²) in [7, 11) is 0. The normalized spacial score (nSPS) is 18.3. The Morgan fingerprint density at radius 1 is 1.55 bits per heavy atom. The molecule has 1 aliphatic rings. The number of hydrogen-bond donors (Lipinski definition) is 2. The van der Waals surface area contributed by atoms with Gasteiger partial charge in [0, 0.05) is 17.9 Å². The van der Waals surface area contributed by atoms with E-state index in [1.165, 1.54) is 12.1 Å². The predicted octanol–water partition coefficient (Wildman–Crippen LogP) is 2.27. The maximum atomic E-state index is 14.4. The van der Waals surface area contributed by atoms with Crippen LogP contribution in [0.15, 0.2) is 29.4 Å². The highest BCUT2D eigenvalue weighted by Gasteiger charge is 2.25. The number of ether oxygens (including phenoxy) is 1. The molecule has 0 bridgehead atoms. The second-order valence-corrected chi connectivity index (χ2v) is 5.22. The van der Waals surface area contributed by atoms with Crippen molar-refractivity contribution < 1.29 is 19.0 Å². The first-order valence-corrected chi connectivity index (χ1v) is 7.15. The third-order valence-electron chi connectivity index (χ3n) is 3.19. The fraction of sp³-hybridized carbons (Fsp3) is 0.333. The first kappa shape index (κ1) is 16.5. The number of aliphatic hydroxyl groups is 1. The molecule has 7 heteroatoms. The summed E-state index contributed by atoms with van der Waals surface area (Å²) in [5.74, 6) is -0.817. The van der Waals surface area contributed by atoms with E-state index in [1.54, 1.807) is 19.1 Å². The Labute approximate surface area is 132 Å². The molecule has 2 rings (SSSR count). The molecule has 22 heavy (non-hydrogen) atoms. The number of carbonyl (C=O) groups excluding carboxylic acids is 1. The van der Waals surface area contributed by atoms with Gasteiger partial charge in [-0.15, -0.1) is 0 Å². The minimum atomic E-state index is -0.632. The summed E-state index contributed by atoms with van der Waals surface area (Å²) in [4.78, 5) is 11.2. The van der Waals surface area contributed by atoms with Crippen LogP contribution in [0.4, 0.5) is 4.39 Å². The van der Waals surface area contributed by atoms with E-state index in [1.807, 2.05) is 0 Å². The van der Waals surface area contributed by atoms with Crippen molar-refractivity contribution in [3.63, 3.8) is 0 Å². The first-order chi connectivity index (χ1) is 10.5. The van der Waals surface area contributed by atoms with Gasteiger partial charge < -0.3 is 9.84 Å². The quantitative estimate of drug-likeness (QED) is 0.815. The number of benzene rings is 1. The summed E-state index contributed by atoms with van der Waals surface area (Å²) in [5, 5.41) is 12.4. The Kier molecular flexibility index (Phi) is 5.51. The van der Waals surface area contributed by atoms with Gasteiger partial charge in [-0.2, -0.15) is 5.10 Å². The molecule has 0 saturated heterocycles. The average Bonchev–Trinajstić information content (AvgIpc) is 2.49. The van der Waals surface area contributed by atoms with Gasteiger partial charge in [-0.25, -0.2) is 9.82 Å². The van der Waals surface area contributed by atoms with Crippen LogP contribution in [0.25, 0.3) is 0 Å². The van der Waals surface area contributed by atoms with Crippen molar-refractivity contribution in [1.29, 1.82) is 0 Å². The molecular weight excluding hydrogens is 311 g/mol. The second-order valence-electron chi connectivity index (χ2n) is 4.84. The molecule has 0 aliphatic carbocycles. The molecule has 2 N–H and O–H groups in total. The van der Waals surface area contributed by atoms with Gasteiger partial charge in [0.15, 0.2) is 5.82 Å². The number of aliphatic hydroxyl groups excluding tert-OH is 1. The highest BCUT2D eigenvalue weighted by atomic mass is 35.5. The molecule has 0 radical (unpaired) electrons. The number of hydrogen-bond acceptors (Lipinski definition) is 4. The Bertz CT molecular complexity index is 631. The lowest BCUT2D eigenvalue weighted by Gasteiger charge is -2.20. The van der Waals surface area contributed by atoms with E-state index < -0.39 is 5.82 Å². The summed E-state index contributed by atoms with van der Waals surface area (Å²) in [6.45, 7) is 1.88. The molecule has 1 aromatic carbocycles. The fourth-order valence-corrected chi connectivity index (χ4v) is 2.32. The Morgan fingerprint density at radius 3 is 3.00 bits per heavy atom. The topological polar surface area (TPSA) is 70.9 Å². The average molecular weight is 327 g/mol. The lowest BCUT2D eigenvalue weighted by molar-refractivity contribution is -0.121.